The Kier molecular flexibility index (Phi) is 7.20. The highest BCUT2D eigenvalue weighted by molar-refractivity contribution is 4.73. The lowest BCUT2D eigenvalue weighted by Crippen LogP contribution is -2.37. The van der Waals surface area contributed by atoms with E-state index >= 15 is 0 Å². The monoisotopic (exact) mass is 200 g/mol. The molecule has 0 aromatic rings. The molecule has 0 heterocycles. The van der Waals surface area contributed by atoms with Gasteiger partial charge in [0.2, 0.25) is 0 Å². The second-order valence-corrected chi connectivity index (χ2v) is 5.09. The molecule has 0 aromatic heterocycles. The molecule has 86 valence electrons. The average Bonchev–Trinajstić information content (AvgIpc) is 2.02. The third-order valence-corrected chi connectivity index (χ3v) is 2.50. The van der Waals surface area contributed by atoms with Gasteiger partial charge in [0, 0.05) is 11.6 Å². The van der Waals surface area contributed by atoms with E-state index in [2.05, 4.69) is 33.0 Å². The lowest BCUT2D eigenvalue weighted by atomic mass is 10.0. The first-order chi connectivity index (χ1) is 6.45. The van der Waals surface area contributed by atoms with Gasteiger partial charge in [-0.2, -0.15) is 0 Å². The summed E-state index contributed by atoms with van der Waals surface area (Å²) in [6, 6.07) is 0.642. The minimum atomic E-state index is -0.0316. The number of unbranched alkanes of at least 4 members (excludes halogenated alkanes) is 2. The van der Waals surface area contributed by atoms with Crippen molar-refractivity contribution in [1.29, 1.82) is 0 Å². The molecule has 0 amide bonds. The first kappa shape index (κ1) is 13.9. The second kappa shape index (κ2) is 7.24. The number of rotatable bonds is 8. The van der Waals surface area contributed by atoms with Crippen molar-refractivity contribution in [1.82, 2.24) is 5.32 Å². The quantitative estimate of drug-likeness (QED) is 0.591. The first-order valence-electron chi connectivity index (χ1n) is 5.98. The van der Waals surface area contributed by atoms with E-state index in [1.54, 1.807) is 0 Å². The standard InChI is InChI=1S/C12H28N2/c1-5-6-7-8-11(2)14-10-9-12(3,4)13/h11,14H,5-10,13H2,1-4H3. The van der Waals surface area contributed by atoms with Gasteiger partial charge in [0.15, 0.2) is 0 Å². The van der Waals surface area contributed by atoms with Crippen molar-refractivity contribution in [2.24, 2.45) is 5.73 Å². The zero-order valence-electron chi connectivity index (χ0n) is 10.4. The predicted molar refractivity (Wildman–Crippen MR) is 64.5 cm³/mol. The molecule has 0 radical (unpaired) electrons. The van der Waals surface area contributed by atoms with Gasteiger partial charge in [-0.1, -0.05) is 26.2 Å². The van der Waals surface area contributed by atoms with Gasteiger partial charge in [-0.3, -0.25) is 0 Å². The summed E-state index contributed by atoms with van der Waals surface area (Å²) in [5.74, 6) is 0. The van der Waals surface area contributed by atoms with Crippen LogP contribution in [0.25, 0.3) is 0 Å². The van der Waals surface area contributed by atoms with E-state index in [1.165, 1.54) is 25.7 Å². The molecular weight excluding hydrogens is 172 g/mol. The fraction of sp³-hybridized carbons (Fsp3) is 1.00. The number of nitrogens with two attached hydrogens (primary N) is 1. The van der Waals surface area contributed by atoms with Crippen LogP contribution in [-0.2, 0) is 0 Å². The molecule has 2 nitrogen and oxygen atoms in total. The van der Waals surface area contributed by atoms with E-state index in [0.29, 0.717) is 6.04 Å². The van der Waals surface area contributed by atoms with Crippen molar-refractivity contribution in [2.45, 2.75) is 71.4 Å². The Morgan fingerprint density at radius 1 is 1.29 bits per heavy atom. The molecule has 0 rings (SSSR count). The molecule has 0 spiro atoms. The summed E-state index contributed by atoms with van der Waals surface area (Å²) in [5, 5.41) is 3.52. The Balaban J connectivity index is 3.31. The molecule has 0 saturated carbocycles. The highest BCUT2D eigenvalue weighted by Gasteiger charge is 2.10. The maximum atomic E-state index is 5.90. The molecule has 0 aliphatic rings. The topological polar surface area (TPSA) is 38.0 Å². The van der Waals surface area contributed by atoms with Gasteiger partial charge in [-0.25, -0.2) is 0 Å². The van der Waals surface area contributed by atoms with Gasteiger partial charge in [-0.15, -0.1) is 0 Å². The van der Waals surface area contributed by atoms with Crippen molar-refractivity contribution in [3.63, 3.8) is 0 Å². The molecule has 1 unspecified atom stereocenters. The van der Waals surface area contributed by atoms with Crippen LogP contribution in [0.5, 0.6) is 0 Å². The average molecular weight is 200 g/mol. The summed E-state index contributed by atoms with van der Waals surface area (Å²) in [5.41, 5.74) is 5.87. The van der Waals surface area contributed by atoms with Gasteiger partial charge in [-0.05, 0) is 40.2 Å². The Morgan fingerprint density at radius 2 is 1.93 bits per heavy atom. The van der Waals surface area contributed by atoms with E-state index in [0.717, 1.165) is 13.0 Å². The molecule has 0 aliphatic heterocycles. The maximum absolute atomic E-state index is 5.90. The number of nitrogens with one attached hydrogen (secondary N) is 1. The van der Waals surface area contributed by atoms with Crippen molar-refractivity contribution in [2.75, 3.05) is 6.54 Å². The van der Waals surface area contributed by atoms with Crippen LogP contribution in [0.2, 0.25) is 0 Å². The minimum absolute atomic E-state index is 0.0316. The van der Waals surface area contributed by atoms with E-state index < -0.39 is 0 Å². The molecule has 0 aliphatic carbocycles. The summed E-state index contributed by atoms with van der Waals surface area (Å²) in [6.45, 7) is 9.71. The summed E-state index contributed by atoms with van der Waals surface area (Å²) in [7, 11) is 0. The number of hydrogen-bond acceptors (Lipinski definition) is 2. The van der Waals surface area contributed by atoms with Crippen molar-refractivity contribution in [3.05, 3.63) is 0 Å². The SMILES string of the molecule is CCCCCC(C)NCCC(C)(C)N. The van der Waals surface area contributed by atoms with Crippen LogP contribution in [0.4, 0.5) is 0 Å². The van der Waals surface area contributed by atoms with Crippen LogP contribution in [0.1, 0.15) is 59.8 Å². The minimum Gasteiger partial charge on any atom is -0.326 e. The molecule has 0 bridgehead atoms. The van der Waals surface area contributed by atoms with Crippen LogP contribution in [0.15, 0.2) is 0 Å². The fourth-order valence-electron chi connectivity index (χ4n) is 1.44. The van der Waals surface area contributed by atoms with Crippen LogP contribution < -0.4 is 11.1 Å². The summed E-state index contributed by atoms with van der Waals surface area (Å²) < 4.78 is 0. The zero-order valence-corrected chi connectivity index (χ0v) is 10.4. The smallest absolute Gasteiger partial charge is 0.0109 e. The van der Waals surface area contributed by atoms with E-state index in [4.69, 9.17) is 5.73 Å². The van der Waals surface area contributed by atoms with Crippen molar-refractivity contribution in [3.8, 4) is 0 Å². The highest BCUT2D eigenvalue weighted by atomic mass is 14.9. The van der Waals surface area contributed by atoms with Gasteiger partial charge < -0.3 is 11.1 Å². The van der Waals surface area contributed by atoms with Gasteiger partial charge in [0.1, 0.15) is 0 Å². The van der Waals surface area contributed by atoms with Crippen molar-refractivity contribution < 1.29 is 0 Å². The highest BCUT2D eigenvalue weighted by Crippen LogP contribution is 2.05. The van der Waals surface area contributed by atoms with E-state index in [1.807, 2.05) is 0 Å². The maximum Gasteiger partial charge on any atom is 0.0109 e. The summed E-state index contributed by atoms with van der Waals surface area (Å²) in [6.07, 6.45) is 6.34. The van der Waals surface area contributed by atoms with E-state index in [9.17, 15) is 0 Å². The Morgan fingerprint density at radius 3 is 2.43 bits per heavy atom. The lowest BCUT2D eigenvalue weighted by molar-refractivity contribution is 0.418. The largest absolute Gasteiger partial charge is 0.326 e. The van der Waals surface area contributed by atoms with Crippen LogP contribution >= 0.6 is 0 Å². The van der Waals surface area contributed by atoms with Gasteiger partial charge in [0.05, 0.1) is 0 Å². The third-order valence-electron chi connectivity index (χ3n) is 2.50. The van der Waals surface area contributed by atoms with E-state index in [-0.39, 0.29) is 5.54 Å². The summed E-state index contributed by atoms with van der Waals surface area (Å²) >= 11 is 0. The molecule has 2 heteroatoms. The zero-order chi connectivity index (χ0) is 11.0. The second-order valence-electron chi connectivity index (χ2n) is 5.09. The predicted octanol–water partition coefficient (Wildman–Crippen LogP) is 2.67. The Hall–Kier alpha value is -0.0800. The molecule has 1 atom stereocenters. The molecule has 14 heavy (non-hydrogen) atoms. The molecular formula is C12H28N2. The lowest BCUT2D eigenvalue weighted by Gasteiger charge is -2.20. The third kappa shape index (κ3) is 10.0. The molecule has 0 aromatic carbocycles. The molecule has 0 fully saturated rings. The Bertz CT molecular complexity index is 127. The van der Waals surface area contributed by atoms with Crippen molar-refractivity contribution >= 4 is 0 Å². The molecule has 3 N–H and O–H groups in total. The van der Waals surface area contributed by atoms with Crippen LogP contribution in [-0.4, -0.2) is 18.1 Å². The first-order valence-corrected chi connectivity index (χ1v) is 5.98. The molecule has 0 saturated heterocycles. The van der Waals surface area contributed by atoms with Gasteiger partial charge >= 0.3 is 0 Å². The Labute approximate surface area is 89.6 Å². The normalized spacial score (nSPS) is 14.4. The summed E-state index contributed by atoms with van der Waals surface area (Å²) in [4.78, 5) is 0. The van der Waals surface area contributed by atoms with Gasteiger partial charge in [0.25, 0.3) is 0 Å². The van der Waals surface area contributed by atoms with Crippen LogP contribution in [0.3, 0.4) is 0 Å². The van der Waals surface area contributed by atoms with Crippen LogP contribution in [0, 0.1) is 0 Å². The fourth-order valence-corrected chi connectivity index (χ4v) is 1.44. The number of hydrogen-bond donors (Lipinski definition) is 2.